The van der Waals surface area contributed by atoms with Gasteiger partial charge in [-0.25, -0.2) is 4.79 Å². The summed E-state index contributed by atoms with van der Waals surface area (Å²) in [6.45, 7) is 7.52. The zero-order valence-electron chi connectivity index (χ0n) is 14.4. The number of carbonyl (C=O) groups excluding carboxylic acids is 2. The van der Waals surface area contributed by atoms with Gasteiger partial charge in [-0.1, -0.05) is 5.21 Å². The fraction of sp³-hybridized carbons (Fsp3) is 0.733. The Bertz CT molecular complexity index is 576. The van der Waals surface area contributed by atoms with E-state index < -0.39 is 5.60 Å². The molecule has 0 bridgehead atoms. The molecule has 1 aliphatic heterocycles. The Morgan fingerprint density at radius 1 is 1.39 bits per heavy atom. The Morgan fingerprint density at radius 2 is 2.09 bits per heavy atom. The minimum Gasteiger partial charge on any atom is -0.444 e. The lowest BCUT2D eigenvalue weighted by molar-refractivity contribution is 0.0286. The quantitative estimate of drug-likeness (QED) is 0.836. The van der Waals surface area contributed by atoms with Crippen molar-refractivity contribution in [3.63, 3.8) is 0 Å². The average Bonchev–Trinajstić information content (AvgIpc) is 3.05. The zero-order chi connectivity index (χ0) is 17.2. The molecule has 0 radical (unpaired) electrons. The standard InChI is InChI=1S/C15H25N5O3/c1-15(2,3)23-14(22)19-7-6-11(8-19)9-20-10-12(16-17-20)13(21)18(4)5/h10-11H,6-9H2,1-5H3. The molecule has 1 unspecified atom stereocenters. The van der Waals surface area contributed by atoms with E-state index in [4.69, 9.17) is 4.74 Å². The SMILES string of the molecule is CN(C)C(=O)c1cn(CC2CCN(C(=O)OC(C)(C)C)C2)nn1. The van der Waals surface area contributed by atoms with Gasteiger partial charge in [-0.3, -0.25) is 9.48 Å². The van der Waals surface area contributed by atoms with Crippen molar-refractivity contribution in [2.24, 2.45) is 5.92 Å². The predicted octanol–water partition coefficient (Wildman–Crippen LogP) is 1.24. The molecule has 2 heterocycles. The zero-order valence-corrected chi connectivity index (χ0v) is 14.4. The smallest absolute Gasteiger partial charge is 0.410 e. The van der Waals surface area contributed by atoms with E-state index in [0.717, 1.165) is 6.42 Å². The van der Waals surface area contributed by atoms with E-state index in [-0.39, 0.29) is 17.9 Å². The van der Waals surface area contributed by atoms with Crippen LogP contribution in [0.2, 0.25) is 0 Å². The largest absolute Gasteiger partial charge is 0.444 e. The molecule has 1 aromatic rings. The van der Waals surface area contributed by atoms with Gasteiger partial charge < -0.3 is 14.5 Å². The predicted molar refractivity (Wildman–Crippen MR) is 84.0 cm³/mol. The molecule has 2 amide bonds. The molecule has 8 nitrogen and oxygen atoms in total. The van der Waals surface area contributed by atoms with Gasteiger partial charge >= 0.3 is 6.09 Å². The molecule has 0 N–H and O–H groups in total. The topological polar surface area (TPSA) is 80.6 Å². The maximum absolute atomic E-state index is 12.0. The van der Waals surface area contributed by atoms with Gasteiger partial charge in [0.05, 0.1) is 6.20 Å². The van der Waals surface area contributed by atoms with Crippen LogP contribution in [-0.2, 0) is 11.3 Å². The van der Waals surface area contributed by atoms with Gasteiger partial charge in [0.1, 0.15) is 5.60 Å². The van der Waals surface area contributed by atoms with Crippen LogP contribution in [0.1, 0.15) is 37.7 Å². The molecular formula is C15H25N5O3. The van der Waals surface area contributed by atoms with E-state index in [0.29, 0.717) is 25.3 Å². The van der Waals surface area contributed by atoms with Crippen molar-refractivity contribution in [2.45, 2.75) is 39.3 Å². The lowest BCUT2D eigenvalue weighted by Gasteiger charge is -2.24. The number of rotatable bonds is 3. The molecule has 8 heteroatoms. The first-order chi connectivity index (χ1) is 10.7. The molecule has 0 aromatic carbocycles. The van der Waals surface area contributed by atoms with E-state index in [1.807, 2.05) is 20.8 Å². The van der Waals surface area contributed by atoms with E-state index in [2.05, 4.69) is 10.3 Å². The van der Waals surface area contributed by atoms with Crippen LogP contribution in [0, 0.1) is 5.92 Å². The summed E-state index contributed by atoms with van der Waals surface area (Å²) in [5.74, 6) is 0.115. The number of amides is 2. The van der Waals surface area contributed by atoms with E-state index in [1.54, 1.807) is 29.9 Å². The van der Waals surface area contributed by atoms with Crippen molar-refractivity contribution in [3.8, 4) is 0 Å². The molecule has 1 atom stereocenters. The monoisotopic (exact) mass is 323 g/mol. The van der Waals surface area contributed by atoms with E-state index in [1.165, 1.54) is 4.90 Å². The average molecular weight is 323 g/mol. The number of nitrogens with zero attached hydrogens (tertiary/aromatic N) is 5. The Hall–Kier alpha value is -2.12. The number of likely N-dealkylation sites (tertiary alicyclic amines) is 1. The molecule has 1 saturated heterocycles. The van der Waals surface area contributed by atoms with Crippen molar-refractivity contribution in [2.75, 3.05) is 27.2 Å². The Balaban J connectivity index is 1.89. The first kappa shape index (κ1) is 17.2. The van der Waals surface area contributed by atoms with Gasteiger partial charge in [-0.15, -0.1) is 5.10 Å². The van der Waals surface area contributed by atoms with Crippen LogP contribution >= 0.6 is 0 Å². The van der Waals surface area contributed by atoms with Gasteiger partial charge in [-0.2, -0.15) is 0 Å². The van der Waals surface area contributed by atoms with Gasteiger partial charge in [-0.05, 0) is 33.1 Å². The summed E-state index contributed by atoms with van der Waals surface area (Å²) in [5, 5.41) is 7.90. The summed E-state index contributed by atoms with van der Waals surface area (Å²) >= 11 is 0. The van der Waals surface area contributed by atoms with Gasteiger partial charge in [0, 0.05) is 33.7 Å². The maximum atomic E-state index is 12.0. The normalized spacial score (nSPS) is 18.1. The first-order valence-corrected chi connectivity index (χ1v) is 7.75. The second-order valence-corrected chi connectivity index (χ2v) is 7.11. The minimum absolute atomic E-state index is 0.168. The fourth-order valence-electron chi connectivity index (χ4n) is 2.45. The highest BCUT2D eigenvalue weighted by Crippen LogP contribution is 2.20. The highest BCUT2D eigenvalue weighted by Gasteiger charge is 2.30. The van der Waals surface area contributed by atoms with E-state index in [9.17, 15) is 9.59 Å². The van der Waals surface area contributed by atoms with Crippen LogP contribution in [-0.4, -0.2) is 69.6 Å². The van der Waals surface area contributed by atoms with Crippen LogP contribution in [0.15, 0.2) is 6.20 Å². The number of carbonyl (C=O) groups is 2. The van der Waals surface area contributed by atoms with Crippen LogP contribution in [0.5, 0.6) is 0 Å². The molecular weight excluding hydrogens is 298 g/mol. The molecule has 0 aliphatic carbocycles. The summed E-state index contributed by atoms with van der Waals surface area (Å²) < 4.78 is 7.05. The molecule has 1 fully saturated rings. The highest BCUT2D eigenvalue weighted by molar-refractivity contribution is 5.91. The third-order valence-corrected chi connectivity index (χ3v) is 3.55. The third-order valence-electron chi connectivity index (χ3n) is 3.55. The number of hydrogen-bond donors (Lipinski definition) is 0. The molecule has 2 rings (SSSR count). The fourth-order valence-corrected chi connectivity index (χ4v) is 2.45. The number of hydrogen-bond acceptors (Lipinski definition) is 5. The second-order valence-electron chi connectivity index (χ2n) is 7.11. The van der Waals surface area contributed by atoms with Crippen LogP contribution < -0.4 is 0 Å². The molecule has 0 spiro atoms. The van der Waals surface area contributed by atoms with Crippen molar-refractivity contribution >= 4 is 12.0 Å². The second kappa shape index (κ2) is 6.55. The summed E-state index contributed by atoms with van der Waals surface area (Å²) in [6.07, 6.45) is 2.26. The Kier molecular flexibility index (Phi) is 4.91. The van der Waals surface area contributed by atoms with Gasteiger partial charge in [0.25, 0.3) is 5.91 Å². The number of aromatic nitrogens is 3. The summed E-state index contributed by atoms with van der Waals surface area (Å²) in [4.78, 5) is 27.0. The highest BCUT2D eigenvalue weighted by atomic mass is 16.6. The van der Waals surface area contributed by atoms with Crippen LogP contribution in [0.4, 0.5) is 4.79 Å². The summed E-state index contributed by atoms with van der Waals surface area (Å²) in [7, 11) is 3.36. The molecule has 23 heavy (non-hydrogen) atoms. The Morgan fingerprint density at radius 3 is 2.70 bits per heavy atom. The Labute approximate surface area is 136 Å². The molecule has 1 aromatic heterocycles. The van der Waals surface area contributed by atoms with E-state index >= 15 is 0 Å². The van der Waals surface area contributed by atoms with Crippen molar-refractivity contribution in [1.82, 2.24) is 24.8 Å². The summed E-state index contributed by atoms with van der Waals surface area (Å²) in [6, 6.07) is 0. The molecule has 128 valence electrons. The minimum atomic E-state index is -0.484. The summed E-state index contributed by atoms with van der Waals surface area (Å²) in [5.41, 5.74) is -0.153. The maximum Gasteiger partial charge on any atom is 0.410 e. The first-order valence-electron chi connectivity index (χ1n) is 7.75. The van der Waals surface area contributed by atoms with Crippen LogP contribution in [0.3, 0.4) is 0 Å². The van der Waals surface area contributed by atoms with Crippen molar-refractivity contribution in [1.29, 1.82) is 0 Å². The van der Waals surface area contributed by atoms with Crippen molar-refractivity contribution < 1.29 is 14.3 Å². The molecule has 0 saturated carbocycles. The lowest BCUT2D eigenvalue weighted by atomic mass is 10.1. The lowest BCUT2D eigenvalue weighted by Crippen LogP contribution is -2.35. The van der Waals surface area contributed by atoms with Gasteiger partial charge in [0.2, 0.25) is 0 Å². The third kappa shape index (κ3) is 4.67. The van der Waals surface area contributed by atoms with Gasteiger partial charge in [0.15, 0.2) is 5.69 Å². The molecule has 1 aliphatic rings. The van der Waals surface area contributed by atoms with Crippen LogP contribution in [0.25, 0.3) is 0 Å². The number of ether oxygens (including phenoxy) is 1. The van der Waals surface area contributed by atoms with Crippen molar-refractivity contribution in [3.05, 3.63) is 11.9 Å².